The van der Waals surface area contributed by atoms with E-state index in [0.717, 1.165) is 17.5 Å². The summed E-state index contributed by atoms with van der Waals surface area (Å²) in [7, 11) is 0. The molecule has 4 atom stereocenters. The fourth-order valence-electron chi connectivity index (χ4n) is 5.78. The molecule has 0 saturated heterocycles. The van der Waals surface area contributed by atoms with Crippen LogP contribution >= 0.6 is 0 Å². The molecule has 2 fully saturated rings. The van der Waals surface area contributed by atoms with Gasteiger partial charge in [-0.1, -0.05) is 54.6 Å². The predicted molar refractivity (Wildman–Crippen MR) is 126 cm³/mol. The first kappa shape index (κ1) is 22.2. The zero-order valence-corrected chi connectivity index (χ0v) is 18.8. The minimum atomic E-state index is -0.737. The van der Waals surface area contributed by atoms with E-state index in [9.17, 15) is 19.5 Å². The monoisotopic (exact) mass is 460 g/mol. The third-order valence-corrected chi connectivity index (χ3v) is 7.48. The van der Waals surface area contributed by atoms with Crippen LogP contribution in [0.15, 0.2) is 60.7 Å². The summed E-state index contributed by atoms with van der Waals surface area (Å²) >= 11 is 0. The second-order valence-corrected chi connectivity index (χ2v) is 9.39. The first-order valence-corrected chi connectivity index (χ1v) is 11.8. The Kier molecular flexibility index (Phi) is 6.09. The van der Waals surface area contributed by atoms with Gasteiger partial charge in [0.1, 0.15) is 6.61 Å². The van der Waals surface area contributed by atoms with Gasteiger partial charge in [0.25, 0.3) is 0 Å². The molecule has 2 aromatic rings. The number of carboxylic acid groups (broad SMARTS) is 1. The first-order valence-electron chi connectivity index (χ1n) is 11.8. The molecule has 3 aliphatic rings. The number of alkyl carbamates (subject to hydrolysis) is 1. The Bertz CT molecular complexity index is 1100. The number of ether oxygens (including phenoxy) is 1. The van der Waals surface area contributed by atoms with Gasteiger partial charge in [-0.25, -0.2) is 4.79 Å². The van der Waals surface area contributed by atoms with Crippen molar-refractivity contribution >= 4 is 18.0 Å². The Balaban J connectivity index is 1.05. The molecule has 3 aliphatic carbocycles. The molecular weight excluding hydrogens is 432 g/mol. The predicted octanol–water partition coefficient (Wildman–Crippen LogP) is 3.70. The molecule has 7 heteroatoms. The summed E-state index contributed by atoms with van der Waals surface area (Å²) in [6, 6.07) is 16.4. The van der Waals surface area contributed by atoms with Crippen LogP contribution < -0.4 is 10.6 Å². The summed E-state index contributed by atoms with van der Waals surface area (Å²) in [6.45, 7) is 0.424. The highest BCUT2D eigenvalue weighted by atomic mass is 16.5. The Morgan fingerprint density at radius 1 is 0.971 bits per heavy atom. The van der Waals surface area contributed by atoms with E-state index >= 15 is 0 Å². The smallest absolute Gasteiger partial charge is 0.407 e. The highest BCUT2D eigenvalue weighted by Gasteiger charge is 2.49. The van der Waals surface area contributed by atoms with Crippen LogP contribution in [0.1, 0.15) is 36.3 Å². The van der Waals surface area contributed by atoms with Crippen molar-refractivity contribution in [3.8, 4) is 11.1 Å². The molecule has 5 rings (SSSR count). The zero-order valence-electron chi connectivity index (χ0n) is 18.8. The Morgan fingerprint density at radius 2 is 1.65 bits per heavy atom. The maximum atomic E-state index is 12.2. The van der Waals surface area contributed by atoms with Gasteiger partial charge in [0.15, 0.2) is 0 Å². The average molecular weight is 461 g/mol. The minimum absolute atomic E-state index is 0.00193. The molecular formula is C27H28N2O5. The van der Waals surface area contributed by atoms with E-state index in [1.54, 1.807) is 6.08 Å². The van der Waals surface area contributed by atoms with Crippen molar-refractivity contribution < 1.29 is 24.2 Å². The van der Waals surface area contributed by atoms with Crippen molar-refractivity contribution in [3.63, 3.8) is 0 Å². The third kappa shape index (κ3) is 4.30. The van der Waals surface area contributed by atoms with Crippen LogP contribution in [0.5, 0.6) is 0 Å². The van der Waals surface area contributed by atoms with E-state index in [2.05, 4.69) is 34.9 Å². The van der Waals surface area contributed by atoms with Crippen LogP contribution in [-0.2, 0) is 14.3 Å². The van der Waals surface area contributed by atoms with Crippen molar-refractivity contribution in [3.05, 3.63) is 71.8 Å². The normalized spacial score (nSPS) is 24.6. The van der Waals surface area contributed by atoms with Gasteiger partial charge in [0, 0.05) is 24.6 Å². The molecule has 34 heavy (non-hydrogen) atoms. The van der Waals surface area contributed by atoms with Crippen molar-refractivity contribution in [2.24, 2.45) is 17.8 Å². The number of amides is 2. The van der Waals surface area contributed by atoms with Crippen molar-refractivity contribution in [2.75, 3.05) is 13.2 Å². The molecule has 0 radical (unpaired) electrons. The number of fused-ring (bicyclic) bond motifs is 4. The Labute approximate surface area is 198 Å². The average Bonchev–Trinajstić information content (AvgIpc) is 3.34. The standard InChI is InChI=1S/C27H28N2O5/c30-25(29-24-14-16-12-17(26(31)32)13-22(16)24)10-5-11-28-27(33)34-15-23-20-8-3-1-6-18(20)19-7-2-4-9-21(19)23/h1-10,16-17,22-24H,11-15H2,(H,28,33)(H,29,30)(H,31,32)/b10-5+. The van der Waals surface area contributed by atoms with Crippen LogP contribution in [-0.4, -0.2) is 42.3 Å². The fourth-order valence-corrected chi connectivity index (χ4v) is 5.78. The molecule has 2 amide bonds. The number of aliphatic carboxylic acids is 1. The summed E-state index contributed by atoms with van der Waals surface area (Å²) in [5.41, 5.74) is 4.66. The second kappa shape index (κ2) is 9.33. The van der Waals surface area contributed by atoms with E-state index in [1.807, 2.05) is 24.3 Å². The summed E-state index contributed by atoms with van der Waals surface area (Å²) in [5.74, 6) is -0.575. The van der Waals surface area contributed by atoms with Gasteiger partial charge >= 0.3 is 12.1 Å². The quantitative estimate of drug-likeness (QED) is 0.547. The molecule has 0 aromatic heterocycles. The van der Waals surface area contributed by atoms with Gasteiger partial charge in [0.05, 0.1) is 5.92 Å². The zero-order chi connectivity index (χ0) is 23.7. The van der Waals surface area contributed by atoms with Gasteiger partial charge < -0.3 is 20.5 Å². The molecule has 0 heterocycles. The first-order chi connectivity index (χ1) is 16.5. The number of benzene rings is 2. The van der Waals surface area contributed by atoms with Gasteiger partial charge in [-0.2, -0.15) is 0 Å². The summed E-state index contributed by atoms with van der Waals surface area (Å²) in [6.07, 6.45) is 4.65. The molecule has 0 aliphatic heterocycles. The lowest BCUT2D eigenvalue weighted by Crippen LogP contribution is -2.49. The summed E-state index contributed by atoms with van der Waals surface area (Å²) in [5, 5.41) is 14.8. The highest BCUT2D eigenvalue weighted by Crippen LogP contribution is 2.49. The third-order valence-electron chi connectivity index (χ3n) is 7.48. The second-order valence-electron chi connectivity index (χ2n) is 9.39. The van der Waals surface area contributed by atoms with Crippen LogP contribution in [0.25, 0.3) is 11.1 Å². The van der Waals surface area contributed by atoms with Crippen LogP contribution in [0.2, 0.25) is 0 Å². The molecule has 2 saturated carbocycles. The maximum Gasteiger partial charge on any atom is 0.407 e. The number of nitrogens with one attached hydrogen (secondary N) is 2. The molecule has 0 bridgehead atoms. The molecule has 4 unspecified atom stereocenters. The van der Waals surface area contributed by atoms with Crippen molar-refractivity contribution in [1.29, 1.82) is 0 Å². The number of hydrogen-bond donors (Lipinski definition) is 3. The molecule has 2 aromatic carbocycles. The minimum Gasteiger partial charge on any atom is -0.481 e. The lowest BCUT2D eigenvalue weighted by atomic mass is 9.71. The SMILES string of the molecule is O=C(/C=C/CNC(=O)OCC1c2ccccc2-c2ccccc21)NC1CC2CC(C(=O)O)CC21. The molecule has 3 N–H and O–H groups in total. The highest BCUT2D eigenvalue weighted by molar-refractivity contribution is 5.88. The van der Waals surface area contributed by atoms with Crippen LogP contribution in [0.4, 0.5) is 4.79 Å². The Hall–Kier alpha value is -3.61. The summed E-state index contributed by atoms with van der Waals surface area (Å²) in [4.78, 5) is 35.5. The van der Waals surface area contributed by atoms with E-state index in [4.69, 9.17) is 4.74 Å². The number of carbonyl (C=O) groups is 3. The lowest BCUT2D eigenvalue weighted by molar-refractivity contribution is -0.141. The van der Waals surface area contributed by atoms with E-state index < -0.39 is 12.1 Å². The van der Waals surface area contributed by atoms with Gasteiger partial charge in [0.2, 0.25) is 5.91 Å². The van der Waals surface area contributed by atoms with Crippen molar-refractivity contribution in [2.45, 2.75) is 31.2 Å². The molecule has 7 nitrogen and oxygen atoms in total. The van der Waals surface area contributed by atoms with Gasteiger partial charge in [-0.05, 0) is 53.4 Å². The van der Waals surface area contributed by atoms with E-state index in [-0.39, 0.29) is 42.9 Å². The molecule has 0 spiro atoms. The Morgan fingerprint density at radius 3 is 2.32 bits per heavy atom. The largest absolute Gasteiger partial charge is 0.481 e. The van der Waals surface area contributed by atoms with Gasteiger partial charge in [-0.15, -0.1) is 0 Å². The number of carbonyl (C=O) groups excluding carboxylic acids is 2. The topological polar surface area (TPSA) is 105 Å². The fraction of sp³-hybridized carbons (Fsp3) is 0.370. The molecule has 176 valence electrons. The number of rotatable bonds is 7. The maximum absolute atomic E-state index is 12.2. The van der Waals surface area contributed by atoms with E-state index in [0.29, 0.717) is 18.8 Å². The van der Waals surface area contributed by atoms with Crippen LogP contribution in [0, 0.1) is 17.8 Å². The van der Waals surface area contributed by atoms with Gasteiger partial charge in [-0.3, -0.25) is 9.59 Å². The lowest BCUT2D eigenvalue weighted by Gasteiger charge is -2.40. The van der Waals surface area contributed by atoms with E-state index in [1.165, 1.54) is 17.2 Å². The number of carboxylic acids is 1. The van der Waals surface area contributed by atoms with Crippen molar-refractivity contribution in [1.82, 2.24) is 10.6 Å². The summed E-state index contributed by atoms with van der Waals surface area (Å²) < 4.78 is 5.48. The van der Waals surface area contributed by atoms with Crippen LogP contribution in [0.3, 0.4) is 0 Å². The number of hydrogen-bond acceptors (Lipinski definition) is 4.